The van der Waals surface area contributed by atoms with E-state index in [0.29, 0.717) is 23.4 Å². The van der Waals surface area contributed by atoms with E-state index in [4.69, 9.17) is 35.6 Å². The first-order valence-corrected chi connectivity index (χ1v) is 10.7. The molecule has 0 aliphatic heterocycles. The molecule has 5 nitrogen and oxygen atoms in total. The summed E-state index contributed by atoms with van der Waals surface area (Å²) in [6.45, 7) is 2.64. The lowest BCUT2D eigenvalue weighted by molar-refractivity contribution is -0.118. The Morgan fingerprint density at radius 2 is 1.80 bits per heavy atom. The third-order valence-corrected chi connectivity index (χ3v) is 5.23. The van der Waals surface area contributed by atoms with Crippen LogP contribution in [-0.2, 0) is 11.2 Å². The van der Waals surface area contributed by atoms with Gasteiger partial charge in [-0.05, 0) is 79.2 Å². The maximum absolute atomic E-state index is 12.3. The molecule has 2 N–H and O–H groups in total. The maximum atomic E-state index is 12.3. The molecular formula is C22H25Cl2N3O2S. The van der Waals surface area contributed by atoms with Gasteiger partial charge in [0.05, 0.1) is 0 Å². The number of aryl methyl sites for hydroxylation is 1. The molecule has 0 heterocycles. The van der Waals surface area contributed by atoms with Gasteiger partial charge >= 0.3 is 0 Å². The predicted molar refractivity (Wildman–Crippen MR) is 127 cm³/mol. The smallest absolute Gasteiger partial charge is 0.257 e. The van der Waals surface area contributed by atoms with E-state index in [1.54, 1.807) is 29.7 Å². The molecule has 0 saturated carbocycles. The van der Waals surface area contributed by atoms with E-state index in [9.17, 15) is 9.59 Å². The van der Waals surface area contributed by atoms with Crippen LogP contribution in [0.15, 0.2) is 42.5 Å². The van der Waals surface area contributed by atoms with Gasteiger partial charge in [0.15, 0.2) is 5.11 Å². The molecule has 1 amide bonds. The number of hydrogen-bond donors (Lipinski definition) is 2. The van der Waals surface area contributed by atoms with Gasteiger partial charge in [0.1, 0.15) is 5.78 Å². The van der Waals surface area contributed by atoms with Crippen LogP contribution in [0.2, 0.25) is 5.02 Å². The van der Waals surface area contributed by atoms with E-state index in [1.165, 1.54) is 0 Å². The molecule has 0 saturated heterocycles. The number of rotatable bonds is 9. The average molecular weight is 466 g/mol. The Labute approximate surface area is 192 Å². The number of unbranched alkanes of at least 4 members (excludes halogenated alkanes) is 1. The molecule has 0 aliphatic carbocycles. The summed E-state index contributed by atoms with van der Waals surface area (Å²) in [6.07, 6.45) is 2.67. The van der Waals surface area contributed by atoms with E-state index in [0.717, 1.165) is 36.2 Å². The molecule has 160 valence electrons. The van der Waals surface area contributed by atoms with Crippen molar-refractivity contribution in [3.8, 4) is 0 Å². The second-order valence-corrected chi connectivity index (χ2v) is 8.46. The van der Waals surface area contributed by atoms with E-state index in [-0.39, 0.29) is 16.8 Å². The Bertz CT molecular complexity index is 902. The number of ketones is 1. The lowest BCUT2D eigenvalue weighted by Crippen LogP contribution is -2.34. The number of nitrogens with one attached hydrogen (secondary N) is 2. The van der Waals surface area contributed by atoms with Gasteiger partial charge in [-0.2, -0.15) is 0 Å². The average Bonchev–Trinajstić information content (AvgIpc) is 2.68. The van der Waals surface area contributed by atoms with Crippen LogP contribution in [0.1, 0.15) is 40.7 Å². The van der Waals surface area contributed by atoms with Crippen molar-refractivity contribution in [2.75, 3.05) is 18.9 Å². The summed E-state index contributed by atoms with van der Waals surface area (Å²) < 4.78 is 1.60. The number of Topliss-reactive ketones (excluding diaryl/α,β-unsaturated/α-hetero) is 1. The molecule has 30 heavy (non-hydrogen) atoms. The summed E-state index contributed by atoms with van der Waals surface area (Å²) in [6, 6.07) is 12.5. The van der Waals surface area contributed by atoms with Gasteiger partial charge in [-0.1, -0.05) is 29.8 Å². The summed E-state index contributed by atoms with van der Waals surface area (Å²) in [5.74, 6) is -0.135. The minimum Gasteiger partial charge on any atom is -0.332 e. The van der Waals surface area contributed by atoms with Crippen LogP contribution in [0.4, 0.5) is 5.69 Å². The highest BCUT2D eigenvalue weighted by Crippen LogP contribution is 2.17. The van der Waals surface area contributed by atoms with Crippen molar-refractivity contribution in [2.45, 2.75) is 32.6 Å². The third-order valence-electron chi connectivity index (χ3n) is 4.45. The lowest BCUT2D eigenvalue weighted by atomic mass is 10.0. The molecule has 2 aromatic rings. The fraction of sp³-hybridized carbons (Fsp3) is 0.318. The van der Waals surface area contributed by atoms with Gasteiger partial charge in [-0.25, -0.2) is 4.42 Å². The van der Waals surface area contributed by atoms with E-state index in [1.807, 2.05) is 31.2 Å². The van der Waals surface area contributed by atoms with Crippen molar-refractivity contribution in [2.24, 2.45) is 0 Å². The van der Waals surface area contributed by atoms with E-state index >= 15 is 0 Å². The van der Waals surface area contributed by atoms with Crippen LogP contribution in [0, 0.1) is 6.92 Å². The molecular weight excluding hydrogens is 441 g/mol. The Kier molecular flexibility index (Phi) is 9.72. The Morgan fingerprint density at radius 1 is 1.10 bits per heavy atom. The lowest BCUT2D eigenvalue weighted by Gasteiger charge is -2.11. The zero-order valence-electron chi connectivity index (χ0n) is 17.0. The Morgan fingerprint density at radius 3 is 2.43 bits per heavy atom. The Balaban J connectivity index is 1.80. The van der Waals surface area contributed by atoms with Gasteiger partial charge in [-0.15, -0.1) is 0 Å². The van der Waals surface area contributed by atoms with Crippen molar-refractivity contribution >= 4 is 58.1 Å². The SMILES string of the molecule is Cc1ccc(C(=O)NC(=S)Nc2ccc(CC(=O)CCCCN(C)Cl)cc2)cc1Cl. The van der Waals surface area contributed by atoms with Crippen LogP contribution in [-0.4, -0.2) is 34.8 Å². The van der Waals surface area contributed by atoms with Crippen LogP contribution in [0.3, 0.4) is 0 Å². The number of carbonyl (C=O) groups is 2. The summed E-state index contributed by atoms with van der Waals surface area (Å²) in [5.41, 5.74) is 2.99. The standard InChI is InChI=1S/C22H25Cl2N3O2S/c1-15-6-9-17(14-20(15)23)21(29)26-22(30)25-18-10-7-16(8-11-18)13-19(28)5-3-4-12-27(2)24/h6-11,14H,3-5,12-13H2,1-2H3,(H2,25,26,29,30). The van der Waals surface area contributed by atoms with Crippen molar-refractivity contribution in [3.63, 3.8) is 0 Å². The summed E-state index contributed by atoms with van der Waals surface area (Å²) in [7, 11) is 1.80. The van der Waals surface area contributed by atoms with Gasteiger partial charge in [-0.3, -0.25) is 14.9 Å². The second kappa shape index (κ2) is 12.0. The highest BCUT2D eigenvalue weighted by molar-refractivity contribution is 7.80. The number of nitrogens with zero attached hydrogens (tertiary/aromatic N) is 1. The van der Waals surface area contributed by atoms with Crippen LogP contribution in [0.5, 0.6) is 0 Å². The molecule has 0 radical (unpaired) electrons. The number of benzene rings is 2. The number of amides is 1. The second-order valence-electron chi connectivity index (χ2n) is 7.07. The maximum Gasteiger partial charge on any atom is 0.257 e. The quantitative estimate of drug-likeness (QED) is 0.304. The van der Waals surface area contributed by atoms with Crippen LogP contribution >= 0.6 is 35.6 Å². The first-order valence-electron chi connectivity index (χ1n) is 9.60. The first kappa shape index (κ1) is 24.3. The van der Waals surface area contributed by atoms with Crippen molar-refractivity contribution in [1.29, 1.82) is 0 Å². The fourth-order valence-electron chi connectivity index (χ4n) is 2.75. The number of thiocarbonyl (C=S) groups is 1. The molecule has 2 rings (SSSR count). The molecule has 8 heteroatoms. The number of halogens is 2. The van der Waals surface area contributed by atoms with Gasteiger partial charge in [0, 0.05) is 42.7 Å². The molecule has 2 aromatic carbocycles. The monoisotopic (exact) mass is 465 g/mol. The minimum atomic E-state index is -0.336. The van der Waals surface area contributed by atoms with Gasteiger partial charge < -0.3 is 5.32 Å². The van der Waals surface area contributed by atoms with E-state index in [2.05, 4.69) is 10.6 Å². The predicted octanol–water partition coefficient (Wildman–Crippen LogP) is 5.14. The summed E-state index contributed by atoms with van der Waals surface area (Å²) in [5, 5.41) is 6.31. The number of carbonyl (C=O) groups excluding carboxylic acids is 2. The van der Waals surface area contributed by atoms with E-state index < -0.39 is 0 Å². The van der Waals surface area contributed by atoms with Crippen molar-refractivity contribution < 1.29 is 9.59 Å². The summed E-state index contributed by atoms with van der Waals surface area (Å²) >= 11 is 17.0. The number of anilines is 1. The zero-order valence-corrected chi connectivity index (χ0v) is 19.3. The largest absolute Gasteiger partial charge is 0.332 e. The highest BCUT2D eigenvalue weighted by Gasteiger charge is 2.10. The molecule has 0 atom stereocenters. The molecule has 0 aliphatic rings. The third kappa shape index (κ3) is 8.40. The molecule has 0 spiro atoms. The van der Waals surface area contributed by atoms with Crippen LogP contribution < -0.4 is 10.6 Å². The topological polar surface area (TPSA) is 61.4 Å². The molecule has 0 fully saturated rings. The highest BCUT2D eigenvalue weighted by atomic mass is 35.5. The van der Waals surface area contributed by atoms with Crippen LogP contribution in [0.25, 0.3) is 0 Å². The van der Waals surface area contributed by atoms with Crippen molar-refractivity contribution in [1.82, 2.24) is 9.74 Å². The number of hydrogen-bond acceptors (Lipinski definition) is 4. The zero-order chi connectivity index (χ0) is 22.1. The van der Waals surface area contributed by atoms with Crippen molar-refractivity contribution in [3.05, 3.63) is 64.2 Å². The van der Waals surface area contributed by atoms with Gasteiger partial charge in [0.25, 0.3) is 5.91 Å². The first-order chi connectivity index (χ1) is 14.2. The molecule has 0 aromatic heterocycles. The minimum absolute atomic E-state index is 0.185. The fourth-order valence-corrected chi connectivity index (χ4v) is 3.26. The normalized spacial score (nSPS) is 10.7. The Hall–Kier alpha value is -1.99. The summed E-state index contributed by atoms with van der Waals surface area (Å²) in [4.78, 5) is 24.4. The molecule has 0 unspecified atom stereocenters. The molecule has 0 bridgehead atoms. The van der Waals surface area contributed by atoms with Gasteiger partial charge in [0.2, 0.25) is 0 Å².